The highest BCUT2D eigenvalue weighted by molar-refractivity contribution is 6.31. The maximum absolute atomic E-state index is 6.17. The molecule has 2 heterocycles. The fraction of sp³-hybridized carbons (Fsp3) is 0. The van der Waals surface area contributed by atoms with E-state index in [1.807, 2.05) is 42.5 Å². The molecule has 0 radical (unpaired) electrons. The van der Waals surface area contributed by atoms with Crippen LogP contribution in [-0.4, -0.2) is 15.2 Å². The molecule has 0 aliphatic rings. The summed E-state index contributed by atoms with van der Waals surface area (Å²) in [7, 11) is 0. The van der Waals surface area contributed by atoms with Crippen LogP contribution in [0.15, 0.2) is 66.9 Å². The molecule has 4 heteroatoms. The summed E-state index contributed by atoms with van der Waals surface area (Å²) in [6.07, 6.45) is 1.80. The van der Waals surface area contributed by atoms with Crippen LogP contribution in [0, 0.1) is 0 Å². The van der Waals surface area contributed by atoms with E-state index in [0.717, 1.165) is 33.4 Å². The van der Waals surface area contributed by atoms with E-state index in [2.05, 4.69) is 28.4 Å². The molecule has 0 saturated heterocycles. The van der Waals surface area contributed by atoms with Crippen LogP contribution >= 0.6 is 11.6 Å². The van der Waals surface area contributed by atoms with Gasteiger partial charge in [0.15, 0.2) is 0 Å². The van der Waals surface area contributed by atoms with Gasteiger partial charge in [-0.25, -0.2) is 4.98 Å². The summed E-state index contributed by atoms with van der Waals surface area (Å²) >= 11 is 6.17. The molecule has 4 aromatic rings. The number of nitrogens with zero attached hydrogens (tertiary/aromatic N) is 2. The number of rotatable bonds is 2. The van der Waals surface area contributed by atoms with Crippen molar-refractivity contribution in [3.8, 4) is 22.5 Å². The number of H-pyrrole nitrogens is 1. The van der Waals surface area contributed by atoms with Crippen LogP contribution < -0.4 is 0 Å². The van der Waals surface area contributed by atoms with Crippen molar-refractivity contribution in [1.82, 2.24) is 15.2 Å². The Morgan fingerprint density at radius 1 is 0.864 bits per heavy atom. The molecule has 0 aliphatic heterocycles. The van der Waals surface area contributed by atoms with Crippen LogP contribution in [0.25, 0.3) is 33.4 Å². The zero-order valence-corrected chi connectivity index (χ0v) is 12.4. The summed E-state index contributed by atoms with van der Waals surface area (Å²) in [5.74, 6) is 0. The van der Waals surface area contributed by atoms with Gasteiger partial charge in [-0.05, 0) is 41.5 Å². The maximum Gasteiger partial charge on any atom is 0.110 e. The zero-order valence-electron chi connectivity index (χ0n) is 11.6. The lowest BCUT2D eigenvalue weighted by molar-refractivity contribution is 1.09. The van der Waals surface area contributed by atoms with Crippen LogP contribution in [0.1, 0.15) is 0 Å². The standard InChI is InChI=1S/C18H12ClN3/c19-13-6-7-16-15(10-13)14(12-4-2-1-3-5-12)11-18(21-16)17-8-9-20-22-17/h1-11H,(H,20,22). The Morgan fingerprint density at radius 2 is 1.73 bits per heavy atom. The molecule has 0 bridgehead atoms. The third-order valence-corrected chi connectivity index (χ3v) is 3.85. The lowest BCUT2D eigenvalue weighted by Crippen LogP contribution is -1.90. The number of benzene rings is 2. The Kier molecular flexibility index (Phi) is 3.13. The SMILES string of the molecule is Clc1ccc2nc(-c3cc[nH]n3)cc(-c3ccccc3)c2c1. The van der Waals surface area contributed by atoms with Crippen molar-refractivity contribution in [2.45, 2.75) is 0 Å². The van der Waals surface area contributed by atoms with E-state index in [-0.39, 0.29) is 0 Å². The van der Waals surface area contributed by atoms with Gasteiger partial charge in [-0.3, -0.25) is 5.10 Å². The first-order valence-electron chi connectivity index (χ1n) is 6.97. The predicted octanol–water partition coefficient (Wildman–Crippen LogP) is 4.95. The van der Waals surface area contributed by atoms with Gasteiger partial charge < -0.3 is 0 Å². The summed E-state index contributed by atoms with van der Waals surface area (Å²) in [6.45, 7) is 0. The van der Waals surface area contributed by atoms with E-state index in [9.17, 15) is 0 Å². The number of pyridine rings is 1. The molecule has 1 N–H and O–H groups in total. The van der Waals surface area contributed by atoms with Crippen LogP contribution in [0.3, 0.4) is 0 Å². The van der Waals surface area contributed by atoms with Crippen LogP contribution in [-0.2, 0) is 0 Å². The van der Waals surface area contributed by atoms with Gasteiger partial charge in [0.05, 0.1) is 11.2 Å². The van der Waals surface area contributed by atoms with Gasteiger partial charge in [-0.15, -0.1) is 0 Å². The summed E-state index contributed by atoms with van der Waals surface area (Å²) in [4.78, 5) is 4.70. The average molecular weight is 306 g/mol. The molecule has 0 aliphatic carbocycles. The van der Waals surface area contributed by atoms with Gasteiger partial charge in [0.25, 0.3) is 0 Å². The predicted molar refractivity (Wildman–Crippen MR) is 89.8 cm³/mol. The summed E-state index contributed by atoms with van der Waals surface area (Å²) in [5, 5.41) is 8.81. The number of halogens is 1. The molecule has 0 fully saturated rings. The van der Waals surface area contributed by atoms with Gasteiger partial charge in [0, 0.05) is 16.6 Å². The average Bonchev–Trinajstić information content (AvgIpc) is 3.09. The Labute approximate surface area is 132 Å². The molecule has 0 atom stereocenters. The van der Waals surface area contributed by atoms with E-state index in [0.29, 0.717) is 5.02 Å². The van der Waals surface area contributed by atoms with E-state index < -0.39 is 0 Å². The van der Waals surface area contributed by atoms with Crippen molar-refractivity contribution in [3.63, 3.8) is 0 Å². The largest absolute Gasteiger partial charge is 0.285 e. The Morgan fingerprint density at radius 3 is 2.50 bits per heavy atom. The number of nitrogens with one attached hydrogen (secondary N) is 1. The van der Waals surface area contributed by atoms with Crippen LogP contribution in [0.5, 0.6) is 0 Å². The molecule has 106 valence electrons. The van der Waals surface area contributed by atoms with E-state index >= 15 is 0 Å². The monoisotopic (exact) mass is 305 g/mol. The van der Waals surface area contributed by atoms with Gasteiger partial charge in [0.1, 0.15) is 5.69 Å². The molecule has 22 heavy (non-hydrogen) atoms. The Balaban J connectivity index is 2.05. The maximum atomic E-state index is 6.17. The fourth-order valence-corrected chi connectivity index (χ4v) is 2.76. The van der Waals surface area contributed by atoms with E-state index in [1.165, 1.54) is 0 Å². The third-order valence-electron chi connectivity index (χ3n) is 3.62. The molecule has 4 rings (SSSR count). The first-order chi connectivity index (χ1) is 10.8. The van der Waals surface area contributed by atoms with Gasteiger partial charge in [-0.1, -0.05) is 41.9 Å². The van der Waals surface area contributed by atoms with Crippen molar-refractivity contribution in [3.05, 3.63) is 71.9 Å². The van der Waals surface area contributed by atoms with Crippen LogP contribution in [0.2, 0.25) is 5.02 Å². The minimum absolute atomic E-state index is 0.707. The number of hydrogen-bond donors (Lipinski definition) is 1. The van der Waals surface area contributed by atoms with Crippen molar-refractivity contribution < 1.29 is 0 Å². The second-order valence-corrected chi connectivity index (χ2v) is 5.48. The van der Waals surface area contributed by atoms with Crippen molar-refractivity contribution in [1.29, 1.82) is 0 Å². The number of hydrogen-bond acceptors (Lipinski definition) is 2. The van der Waals surface area contributed by atoms with Gasteiger partial charge in [-0.2, -0.15) is 5.10 Å². The second kappa shape index (κ2) is 5.28. The first-order valence-corrected chi connectivity index (χ1v) is 7.35. The molecule has 2 aromatic heterocycles. The van der Waals surface area contributed by atoms with E-state index in [1.54, 1.807) is 6.20 Å². The smallest absolute Gasteiger partial charge is 0.110 e. The topological polar surface area (TPSA) is 41.6 Å². The molecule has 3 nitrogen and oxygen atoms in total. The minimum atomic E-state index is 0.707. The van der Waals surface area contributed by atoms with Gasteiger partial charge in [0.2, 0.25) is 0 Å². The van der Waals surface area contributed by atoms with Crippen molar-refractivity contribution >= 4 is 22.5 Å². The second-order valence-electron chi connectivity index (χ2n) is 5.04. The fourth-order valence-electron chi connectivity index (χ4n) is 2.59. The molecule has 2 aromatic carbocycles. The normalized spacial score (nSPS) is 11.0. The highest BCUT2D eigenvalue weighted by Gasteiger charge is 2.11. The first kappa shape index (κ1) is 13.0. The summed E-state index contributed by atoms with van der Waals surface area (Å²) in [5.41, 5.74) is 4.81. The van der Waals surface area contributed by atoms with Gasteiger partial charge >= 0.3 is 0 Å². The zero-order chi connectivity index (χ0) is 14.9. The third kappa shape index (κ3) is 2.26. The lowest BCUT2D eigenvalue weighted by atomic mass is 9.99. The highest BCUT2D eigenvalue weighted by atomic mass is 35.5. The Bertz CT molecular complexity index is 931. The molecule has 0 amide bonds. The lowest BCUT2D eigenvalue weighted by Gasteiger charge is -2.09. The number of fused-ring (bicyclic) bond motifs is 1. The molecular weight excluding hydrogens is 294 g/mol. The van der Waals surface area contributed by atoms with E-state index in [4.69, 9.17) is 16.6 Å². The highest BCUT2D eigenvalue weighted by Crippen LogP contribution is 2.32. The van der Waals surface area contributed by atoms with Crippen molar-refractivity contribution in [2.75, 3.05) is 0 Å². The quantitative estimate of drug-likeness (QED) is 0.569. The molecule has 0 saturated carbocycles. The Hall–Kier alpha value is -2.65. The molecule has 0 spiro atoms. The number of aromatic nitrogens is 3. The minimum Gasteiger partial charge on any atom is -0.285 e. The van der Waals surface area contributed by atoms with Crippen molar-refractivity contribution in [2.24, 2.45) is 0 Å². The van der Waals surface area contributed by atoms with Crippen LogP contribution in [0.4, 0.5) is 0 Å². The molecule has 0 unspecified atom stereocenters. The summed E-state index contributed by atoms with van der Waals surface area (Å²) in [6, 6.07) is 20.0. The molecular formula is C18H12ClN3. The number of aromatic amines is 1. The summed E-state index contributed by atoms with van der Waals surface area (Å²) < 4.78 is 0.